The first-order chi connectivity index (χ1) is 7.54. The molecule has 2 rings (SSSR count). The second kappa shape index (κ2) is 4.14. The van der Waals surface area contributed by atoms with Gasteiger partial charge in [0.25, 0.3) is 0 Å². The van der Waals surface area contributed by atoms with Gasteiger partial charge in [0.2, 0.25) is 9.84 Å². The Balaban J connectivity index is 2.49. The summed E-state index contributed by atoms with van der Waals surface area (Å²) in [4.78, 5) is 0.303. The molecule has 0 spiro atoms. The normalized spacial score (nSPS) is 16.9. The molecule has 0 amide bonds. The maximum Gasteiger partial charge on any atom is 0.200 e. The molecule has 5 heteroatoms. The average Bonchev–Trinajstić information content (AvgIpc) is 2.47. The number of benzene rings is 1. The number of aromatic hydroxyl groups is 1. The van der Waals surface area contributed by atoms with Gasteiger partial charge in [0.05, 0.1) is 4.90 Å². The van der Waals surface area contributed by atoms with Crippen molar-refractivity contribution in [2.75, 3.05) is 11.5 Å². The van der Waals surface area contributed by atoms with Crippen molar-refractivity contribution < 1.29 is 13.5 Å². The Morgan fingerprint density at radius 2 is 2.12 bits per heavy atom. The Kier molecular flexibility index (Phi) is 2.99. The van der Waals surface area contributed by atoms with E-state index in [-0.39, 0.29) is 5.75 Å². The van der Waals surface area contributed by atoms with Gasteiger partial charge in [0.1, 0.15) is 5.75 Å². The summed E-state index contributed by atoms with van der Waals surface area (Å²) in [5, 5.41) is 10.7. The SMILES string of the molecule is CCSCC1=CS(=O)(=O)c2ccc(O)cc21. The van der Waals surface area contributed by atoms with Crippen molar-refractivity contribution in [2.24, 2.45) is 0 Å². The van der Waals surface area contributed by atoms with Crippen LogP contribution in [0.2, 0.25) is 0 Å². The number of rotatable bonds is 3. The smallest absolute Gasteiger partial charge is 0.200 e. The van der Waals surface area contributed by atoms with Gasteiger partial charge in [-0.25, -0.2) is 8.42 Å². The minimum absolute atomic E-state index is 0.100. The molecule has 1 N–H and O–H groups in total. The zero-order valence-corrected chi connectivity index (χ0v) is 10.4. The van der Waals surface area contributed by atoms with Crippen LogP contribution in [0.25, 0.3) is 5.57 Å². The molecule has 0 saturated heterocycles. The summed E-state index contributed by atoms with van der Waals surface area (Å²) in [5.74, 6) is 1.70. The van der Waals surface area contributed by atoms with E-state index in [4.69, 9.17) is 0 Å². The second-order valence-corrected chi connectivity index (χ2v) is 6.55. The Labute approximate surface area is 99.1 Å². The number of hydrogen-bond acceptors (Lipinski definition) is 4. The highest BCUT2D eigenvalue weighted by atomic mass is 32.2. The van der Waals surface area contributed by atoms with Crippen LogP contribution in [0.4, 0.5) is 0 Å². The molecule has 0 unspecified atom stereocenters. The fourth-order valence-corrected chi connectivity index (χ4v) is 3.89. The van der Waals surface area contributed by atoms with Crippen molar-refractivity contribution in [1.82, 2.24) is 0 Å². The topological polar surface area (TPSA) is 54.4 Å². The fourth-order valence-electron chi connectivity index (χ4n) is 1.66. The zero-order valence-electron chi connectivity index (χ0n) is 8.80. The highest BCUT2D eigenvalue weighted by Gasteiger charge is 2.26. The van der Waals surface area contributed by atoms with Crippen LogP contribution in [0.5, 0.6) is 5.75 Å². The van der Waals surface area contributed by atoms with Crippen LogP contribution in [0.15, 0.2) is 28.5 Å². The molecule has 3 nitrogen and oxygen atoms in total. The van der Waals surface area contributed by atoms with Crippen LogP contribution < -0.4 is 0 Å². The Morgan fingerprint density at radius 1 is 1.38 bits per heavy atom. The molecule has 0 bridgehead atoms. The first-order valence-corrected chi connectivity index (χ1v) is 7.61. The number of phenolic OH excluding ortho intramolecular Hbond substituents is 1. The third-order valence-corrected chi connectivity index (χ3v) is 4.86. The van der Waals surface area contributed by atoms with Gasteiger partial charge in [-0.1, -0.05) is 6.92 Å². The highest BCUT2D eigenvalue weighted by Crippen LogP contribution is 2.36. The van der Waals surface area contributed by atoms with Crippen molar-refractivity contribution >= 4 is 27.2 Å². The van der Waals surface area contributed by atoms with Crippen LogP contribution in [0.3, 0.4) is 0 Å². The van der Waals surface area contributed by atoms with E-state index in [2.05, 4.69) is 0 Å². The lowest BCUT2D eigenvalue weighted by atomic mass is 10.1. The predicted molar refractivity (Wildman–Crippen MR) is 66.3 cm³/mol. The van der Waals surface area contributed by atoms with E-state index in [1.807, 2.05) is 6.92 Å². The van der Waals surface area contributed by atoms with Gasteiger partial charge in [-0.3, -0.25) is 0 Å². The second-order valence-electron chi connectivity index (χ2n) is 3.51. The lowest BCUT2D eigenvalue weighted by Crippen LogP contribution is -1.92. The summed E-state index contributed by atoms with van der Waals surface area (Å²) in [6.07, 6.45) is 0. The third kappa shape index (κ3) is 1.97. The molecule has 1 aromatic carbocycles. The summed E-state index contributed by atoms with van der Waals surface area (Å²) in [5.41, 5.74) is 1.42. The van der Waals surface area contributed by atoms with Gasteiger partial charge in [-0.15, -0.1) is 0 Å². The summed E-state index contributed by atoms with van der Waals surface area (Å²) in [7, 11) is -3.29. The monoisotopic (exact) mass is 256 g/mol. The predicted octanol–water partition coefficient (Wildman–Crippen LogP) is 2.27. The van der Waals surface area contributed by atoms with E-state index in [1.54, 1.807) is 11.8 Å². The van der Waals surface area contributed by atoms with Crippen molar-refractivity contribution in [3.63, 3.8) is 0 Å². The molecule has 1 aliphatic rings. The van der Waals surface area contributed by atoms with Gasteiger partial charge >= 0.3 is 0 Å². The molecular weight excluding hydrogens is 244 g/mol. The van der Waals surface area contributed by atoms with Gasteiger partial charge in [-0.05, 0) is 29.5 Å². The molecule has 0 atom stereocenters. The lowest BCUT2D eigenvalue weighted by molar-refractivity contribution is 0.474. The molecule has 16 heavy (non-hydrogen) atoms. The number of thioether (sulfide) groups is 1. The van der Waals surface area contributed by atoms with Gasteiger partial charge in [0, 0.05) is 16.7 Å². The van der Waals surface area contributed by atoms with Crippen molar-refractivity contribution in [2.45, 2.75) is 11.8 Å². The number of hydrogen-bond donors (Lipinski definition) is 1. The Hall–Kier alpha value is -0.940. The quantitative estimate of drug-likeness (QED) is 0.901. The molecule has 0 radical (unpaired) electrons. The van der Waals surface area contributed by atoms with Crippen molar-refractivity contribution in [3.8, 4) is 5.75 Å². The van der Waals surface area contributed by atoms with E-state index in [9.17, 15) is 13.5 Å². The van der Waals surface area contributed by atoms with E-state index in [0.29, 0.717) is 16.2 Å². The van der Waals surface area contributed by atoms with Gasteiger partial charge < -0.3 is 5.11 Å². The molecule has 0 saturated carbocycles. The van der Waals surface area contributed by atoms with Crippen LogP contribution >= 0.6 is 11.8 Å². The minimum atomic E-state index is -3.29. The highest BCUT2D eigenvalue weighted by molar-refractivity contribution is 8.00. The summed E-state index contributed by atoms with van der Waals surface area (Å²) < 4.78 is 23.5. The number of phenols is 1. The molecular formula is C11H12O3S2. The molecule has 86 valence electrons. The maximum atomic E-state index is 11.8. The maximum absolute atomic E-state index is 11.8. The van der Waals surface area contributed by atoms with Crippen LogP contribution in [0.1, 0.15) is 12.5 Å². The summed E-state index contributed by atoms with van der Waals surface area (Å²) in [6, 6.07) is 4.38. The van der Waals surface area contributed by atoms with E-state index < -0.39 is 9.84 Å². The fraction of sp³-hybridized carbons (Fsp3) is 0.273. The molecule has 1 heterocycles. The van der Waals surface area contributed by atoms with Crippen LogP contribution in [-0.4, -0.2) is 25.0 Å². The standard InChI is InChI=1S/C11H12O3S2/c1-2-15-6-8-7-16(13,14)11-4-3-9(12)5-10(8)11/h3-5,7,12H,2,6H2,1H3. The molecule has 0 aromatic heterocycles. The van der Waals surface area contributed by atoms with Crippen LogP contribution in [-0.2, 0) is 9.84 Å². The minimum Gasteiger partial charge on any atom is -0.508 e. The molecule has 1 aliphatic heterocycles. The van der Waals surface area contributed by atoms with Gasteiger partial charge in [-0.2, -0.15) is 11.8 Å². The first kappa shape index (κ1) is 11.5. The molecule has 0 fully saturated rings. The van der Waals surface area contributed by atoms with E-state index in [1.165, 1.54) is 23.6 Å². The Morgan fingerprint density at radius 3 is 2.81 bits per heavy atom. The van der Waals surface area contributed by atoms with Crippen molar-refractivity contribution in [1.29, 1.82) is 0 Å². The summed E-state index contributed by atoms with van der Waals surface area (Å²) in [6.45, 7) is 2.03. The van der Waals surface area contributed by atoms with Crippen molar-refractivity contribution in [3.05, 3.63) is 29.2 Å². The van der Waals surface area contributed by atoms with Crippen LogP contribution in [0, 0.1) is 0 Å². The Bertz CT molecular complexity index is 544. The third-order valence-electron chi connectivity index (χ3n) is 2.37. The molecule has 1 aromatic rings. The number of sulfone groups is 1. The van der Waals surface area contributed by atoms with E-state index >= 15 is 0 Å². The first-order valence-electron chi connectivity index (χ1n) is 4.91. The average molecular weight is 256 g/mol. The number of fused-ring (bicyclic) bond motifs is 1. The summed E-state index contributed by atoms with van der Waals surface area (Å²) >= 11 is 1.66. The van der Waals surface area contributed by atoms with Gasteiger partial charge in [0.15, 0.2) is 0 Å². The zero-order chi connectivity index (χ0) is 11.8. The van der Waals surface area contributed by atoms with E-state index in [0.717, 1.165) is 11.3 Å². The lowest BCUT2D eigenvalue weighted by Gasteiger charge is -2.03. The molecule has 0 aliphatic carbocycles. The largest absolute Gasteiger partial charge is 0.508 e.